The average molecular weight is 420 g/mol. The van der Waals surface area contributed by atoms with Gasteiger partial charge >= 0.3 is 0 Å². The number of anilines is 1. The van der Waals surface area contributed by atoms with E-state index in [1.54, 1.807) is 12.1 Å². The van der Waals surface area contributed by atoms with E-state index in [9.17, 15) is 9.59 Å². The molecule has 0 saturated heterocycles. The van der Waals surface area contributed by atoms with Crippen LogP contribution < -0.4 is 5.32 Å². The summed E-state index contributed by atoms with van der Waals surface area (Å²) in [4.78, 5) is 33.2. The monoisotopic (exact) mass is 419 g/mol. The molecule has 0 atom stereocenters. The number of carbonyl (C=O) groups is 2. The first-order chi connectivity index (χ1) is 14.6. The number of amides is 2. The van der Waals surface area contributed by atoms with Crippen LogP contribution in [-0.2, 0) is 6.54 Å². The molecule has 30 heavy (non-hydrogen) atoms. The topological polar surface area (TPSA) is 62.3 Å². The van der Waals surface area contributed by atoms with Gasteiger partial charge in [-0.25, -0.2) is 4.98 Å². The molecule has 1 N–H and O–H groups in total. The maximum absolute atomic E-state index is 13.4. The van der Waals surface area contributed by atoms with Crippen molar-refractivity contribution in [1.82, 2.24) is 9.88 Å². The van der Waals surface area contributed by atoms with Crippen molar-refractivity contribution < 1.29 is 9.59 Å². The molecule has 152 valence electrons. The van der Waals surface area contributed by atoms with Crippen LogP contribution in [0.1, 0.15) is 58.5 Å². The normalized spacial score (nSPS) is 16.7. The number of pyridine rings is 1. The van der Waals surface area contributed by atoms with Gasteiger partial charge in [0.25, 0.3) is 11.8 Å². The summed E-state index contributed by atoms with van der Waals surface area (Å²) < 4.78 is 0. The van der Waals surface area contributed by atoms with Gasteiger partial charge in [0.2, 0.25) is 0 Å². The van der Waals surface area contributed by atoms with Crippen molar-refractivity contribution >= 4 is 40.0 Å². The van der Waals surface area contributed by atoms with E-state index in [1.165, 1.54) is 6.42 Å². The number of benzene rings is 2. The maximum atomic E-state index is 13.4. The third kappa shape index (κ3) is 3.23. The molecule has 5 rings (SSSR count). The minimum Gasteiger partial charge on any atom is -0.330 e. The van der Waals surface area contributed by atoms with Crippen molar-refractivity contribution in [1.29, 1.82) is 0 Å². The van der Waals surface area contributed by atoms with Crippen LogP contribution in [0.4, 0.5) is 5.69 Å². The van der Waals surface area contributed by atoms with Gasteiger partial charge in [-0.2, -0.15) is 0 Å². The maximum Gasteiger partial charge on any atom is 0.273 e. The fraction of sp³-hybridized carbons (Fsp3) is 0.292. The van der Waals surface area contributed by atoms with E-state index in [0.29, 0.717) is 39.6 Å². The Morgan fingerprint density at radius 2 is 1.77 bits per heavy atom. The zero-order valence-corrected chi connectivity index (χ0v) is 17.3. The third-order valence-electron chi connectivity index (χ3n) is 6.15. The highest BCUT2D eigenvalue weighted by Crippen LogP contribution is 2.35. The molecule has 2 aliphatic rings. The number of carbonyl (C=O) groups excluding carboxylic acids is 2. The summed E-state index contributed by atoms with van der Waals surface area (Å²) in [6.07, 6.45) is 5.53. The molecule has 1 saturated carbocycles. The van der Waals surface area contributed by atoms with Crippen LogP contribution in [0.15, 0.2) is 48.5 Å². The Morgan fingerprint density at radius 3 is 2.57 bits per heavy atom. The highest BCUT2D eigenvalue weighted by molar-refractivity contribution is 6.34. The van der Waals surface area contributed by atoms with Gasteiger partial charge in [-0.05, 0) is 31.0 Å². The first-order valence-corrected chi connectivity index (χ1v) is 10.8. The van der Waals surface area contributed by atoms with E-state index in [4.69, 9.17) is 11.6 Å². The van der Waals surface area contributed by atoms with Crippen LogP contribution in [0.25, 0.3) is 10.9 Å². The Morgan fingerprint density at radius 1 is 1.03 bits per heavy atom. The van der Waals surface area contributed by atoms with Crippen LogP contribution in [0.2, 0.25) is 5.02 Å². The number of hydrogen-bond donors (Lipinski definition) is 1. The SMILES string of the molecule is O=C(Nc1ccccc1Cl)c1c2c(nc3ccccc13)C(=O)N(C1CCCCC1)C2. The minimum atomic E-state index is -0.267. The van der Waals surface area contributed by atoms with Gasteiger partial charge in [0.15, 0.2) is 0 Å². The first-order valence-electron chi connectivity index (χ1n) is 10.4. The average Bonchev–Trinajstić information content (AvgIpc) is 3.10. The lowest BCUT2D eigenvalue weighted by Crippen LogP contribution is -2.37. The zero-order chi connectivity index (χ0) is 20.7. The molecule has 0 bridgehead atoms. The predicted molar refractivity (Wildman–Crippen MR) is 118 cm³/mol. The van der Waals surface area contributed by atoms with Crippen LogP contribution in [-0.4, -0.2) is 27.7 Å². The standard InChI is InChI=1S/C24H22ClN3O2/c25-18-11-5-7-13-20(18)27-23(29)21-16-10-4-6-12-19(16)26-22-17(21)14-28(24(22)30)15-8-2-1-3-9-15/h4-7,10-13,15H,1-3,8-9,14H2,(H,27,29). The molecule has 0 radical (unpaired) electrons. The summed E-state index contributed by atoms with van der Waals surface area (Å²) >= 11 is 6.25. The van der Waals surface area contributed by atoms with Crippen molar-refractivity contribution in [3.63, 3.8) is 0 Å². The molecule has 6 heteroatoms. The second kappa shape index (κ2) is 7.73. The van der Waals surface area contributed by atoms with Crippen LogP contribution >= 0.6 is 11.6 Å². The Hall–Kier alpha value is -2.92. The van der Waals surface area contributed by atoms with E-state index in [0.717, 1.165) is 31.1 Å². The van der Waals surface area contributed by atoms with Crippen molar-refractivity contribution in [2.75, 3.05) is 5.32 Å². The van der Waals surface area contributed by atoms with Crippen LogP contribution in [0, 0.1) is 0 Å². The summed E-state index contributed by atoms with van der Waals surface area (Å²) in [5, 5.41) is 4.15. The summed E-state index contributed by atoms with van der Waals surface area (Å²) in [5.41, 5.74) is 2.84. The second-order valence-electron chi connectivity index (χ2n) is 7.99. The van der Waals surface area contributed by atoms with Crippen molar-refractivity contribution in [2.45, 2.75) is 44.7 Å². The van der Waals surface area contributed by atoms with Crippen molar-refractivity contribution in [2.24, 2.45) is 0 Å². The van der Waals surface area contributed by atoms with E-state index >= 15 is 0 Å². The van der Waals surface area contributed by atoms with Crippen LogP contribution in [0.3, 0.4) is 0 Å². The van der Waals surface area contributed by atoms with Gasteiger partial charge in [0, 0.05) is 23.5 Å². The number of nitrogens with zero attached hydrogens (tertiary/aromatic N) is 2. The summed E-state index contributed by atoms with van der Waals surface area (Å²) in [6, 6.07) is 14.9. The Bertz CT molecular complexity index is 1150. The number of rotatable bonds is 3. The first kappa shape index (κ1) is 19.1. The molecule has 0 spiro atoms. The number of aromatic nitrogens is 1. The number of halogens is 1. The molecule has 2 heterocycles. The molecular weight excluding hydrogens is 398 g/mol. The van der Waals surface area contributed by atoms with Gasteiger partial charge in [0.1, 0.15) is 5.69 Å². The smallest absolute Gasteiger partial charge is 0.273 e. The van der Waals surface area contributed by atoms with E-state index in [2.05, 4.69) is 10.3 Å². The quantitative estimate of drug-likeness (QED) is 0.615. The van der Waals surface area contributed by atoms with Gasteiger partial charge in [-0.3, -0.25) is 9.59 Å². The van der Waals surface area contributed by atoms with Gasteiger partial charge in [-0.15, -0.1) is 0 Å². The lowest BCUT2D eigenvalue weighted by atomic mass is 9.94. The Kier molecular flexibility index (Phi) is 4.91. The zero-order valence-electron chi connectivity index (χ0n) is 16.5. The molecule has 2 amide bonds. The molecule has 3 aromatic rings. The Balaban J connectivity index is 1.59. The fourth-order valence-electron chi connectivity index (χ4n) is 4.65. The van der Waals surface area contributed by atoms with E-state index in [-0.39, 0.29) is 17.9 Å². The number of fused-ring (bicyclic) bond motifs is 2. The minimum absolute atomic E-state index is 0.0607. The van der Waals surface area contributed by atoms with Crippen LogP contribution in [0.5, 0.6) is 0 Å². The second-order valence-corrected chi connectivity index (χ2v) is 8.40. The van der Waals surface area contributed by atoms with E-state index < -0.39 is 0 Å². The molecular formula is C24H22ClN3O2. The van der Waals surface area contributed by atoms with Crippen molar-refractivity contribution in [3.05, 3.63) is 70.4 Å². The van der Waals surface area contributed by atoms with Gasteiger partial charge in [0.05, 0.1) is 21.8 Å². The largest absolute Gasteiger partial charge is 0.330 e. The molecule has 1 fully saturated rings. The summed E-state index contributed by atoms with van der Waals surface area (Å²) in [7, 11) is 0. The predicted octanol–water partition coefficient (Wildman–Crippen LogP) is 5.43. The lowest BCUT2D eigenvalue weighted by Gasteiger charge is -2.30. The highest BCUT2D eigenvalue weighted by Gasteiger charge is 2.38. The summed E-state index contributed by atoms with van der Waals surface area (Å²) in [6.45, 7) is 0.432. The van der Waals surface area contributed by atoms with Gasteiger partial charge in [-0.1, -0.05) is 61.2 Å². The molecule has 1 aliphatic heterocycles. The number of nitrogens with one attached hydrogen (secondary N) is 1. The molecule has 5 nitrogen and oxygen atoms in total. The van der Waals surface area contributed by atoms with Crippen molar-refractivity contribution in [3.8, 4) is 0 Å². The van der Waals surface area contributed by atoms with E-state index in [1.807, 2.05) is 41.3 Å². The summed E-state index contributed by atoms with van der Waals surface area (Å²) in [5.74, 6) is -0.328. The molecule has 0 unspecified atom stereocenters. The lowest BCUT2D eigenvalue weighted by molar-refractivity contribution is 0.0655. The number of hydrogen-bond acceptors (Lipinski definition) is 3. The van der Waals surface area contributed by atoms with Gasteiger partial charge < -0.3 is 10.2 Å². The third-order valence-corrected chi connectivity index (χ3v) is 6.48. The highest BCUT2D eigenvalue weighted by atomic mass is 35.5. The Labute approximate surface area is 180 Å². The molecule has 2 aromatic carbocycles. The fourth-order valence-corrected chi connectivity index (χ4v) is 4.84. The number of para-hydroxylation sites is 2. The molecule has 1 aliphatic carbocycles. The molecule has 1 aromatic heterocycles.